The number of aryl methyl sites for hydroxylation is 1. The lowest BCUT2D eigenvalue weighted by Gasteiger charge is -2.03. The molecule has 82 valence electrons. The van der Waals surface area contributed by atoms with E-state index in [1.807, 2.05) is 0 Å². The number of aliphatic hydroxyl groups is 1. The summed E-state index contributed by atoms with van der Waals surface area (Å²) in [7, 11) is 2.65. The Balaban J connectivity index is 3.17. The van der Waals surface area contributed by atoms with Crippen LogP contribution in [0.1, 0.15) is 22.2 Å². The predicted molar refractivity (Wildman–Crippen MR) is 47.1 cm³/mol. The Labute approximate surface area is 84.9 Å². The normalized spacial score (nSPS) is 12.2. The molecule has 2 N–H and O–H groups in total. The number of nitrogens with zero attached hydrogens (tertiary/aromatic N) is 2. The van der Waals surface area contributed by atoms with Crippen molar-refractivity contribution in [2.75, 3.05) is 7.11 Å². The number of hydrogen-bond acceptors (Lipinski definition) is 5. The molecule has 0 saturated heterocycles. The smallest absolute Gasteiger partial charge is 0.358 e. The highest BCUT2D eigenvalue weighted by Crippen LogP contribution is 2.17. The van der Waals surface area contributed by atoms with Crippen LogP contribution in [-0.2, 0) is 16.6 Å². The molecule has 0 spiro atoms. The van der Waals surface area contributed by atoms with Crippen LogP contribution < -0.4 is 0 Å². The Morgan fingerprint density at radius 3 is 2.67 bits per heavy atom. The summed E-state index contributed by atoms with van der Waals surface area (Å²) >= 11 is 0. The first-order valence-corrected chi connectivity index (χ1v) is 4.00. The Morgan fingerprint density at radius 1 is 1.60 bits per heavy atom. The first-order chi connectivity index (χ1) is 6.97. The van der Waals surface area contributed by atoms with Crippen LogP contribution in [0, 0.1) is 0 Å². The van der Waals surface area contributed by atoms with Crippen molar-refractivity contribution < 1.29 is 24.5 Å². The molecule has 0 aliphatic rings. The highest BCUT2D eigenvalue weighted by atomic mass is 16.5. The van der Waals surface area contributed by atoms with E-state index in [1.165, 1.54) is 17.9 Å². The minimum atomic E-state index is -1.78. The Bertz CT molecular complexity index is 398. The molecular weight excluding hydrogens is 204 g/mol. The van der Waals surface area contributed by atoms with Crippen LogP contribution >= 0.6 is 0 Å². The fraction of sp³-hybridized carbons (Fsp3) is 0.375. The summed E-state index contributed by atoms with van der Waals surface area (Å²) < 4.78 is 5.63. The molecule has 1 aromatic rings. The number of methoxy groups -OCH3 is 1. The predicted octanol–water partition coefficient (Wildman–Crippen LogP) is -0.675. The number of carboxylic acids is 1. The number of hydrogen-bond donors (Lipinski definition) is 2. The number of carbonyl (C=O) groups is 2. The number of carbonyl (C=O) groups excluding carboxylic acids is 1. The molecule has 0 saturated carbocycles. The number of aliphatic carboxylic acids is 1. The fourth-order valence-corrected chi connectivity index (χ4v) is 1.10. The van der Waals surface area contributed by atoms with Gasteiger partial charge in [-0.2, -0.15) is 5.10 Å². The van der Waals surface area contributed by atoms with Crippen molar-refractivity contribution >= 4 is 11.9 Å². The maximum atomic E-state index is 11.2. The topological polar surface area (TPSA) is 102 Å². The van der Waals surface area contributed by atoms with Crippen LogP contribution in [0.2, 0.25) is 0 Å². The molecule has 0 radical (unpaired) electrons. The highest BCUT2D eigenvalue weighted by molar-refractivity contribution is 5.90. The summed E-state index contributed by atoms with van der Waals surface area (Å²) in [6.07, 6.45) is -0.529. The number of rotatable bonds is 3. The van der Waals surface area contributed by atoms with Gasteiger partial charge in [-0.15, -0.1) is 0 Å². The highest BCUT2D eigenvalue weighted by Gasteiger charge is 2.26. The van der Waals surface area contributed by atoms with E-state index < -0.39 is 18.0 Å². The Morgan fingerprint density at radius 2 is 2.20 bits per heavy atom. The summed E-state index contributed by atoms with van der Waals surface area (Å²) in [5, 5.41) is 21.6. The molecule has 0 fully saturated rings. The third kappa shape index (κ3) is 2.13. The molecule has 1 unspecified atom stereocenters. The molecule has 0 amide bonds. The molecule has 7 heteroatoms. The number of ether oxygens (including phenoxy) is 1. The monoisotopic (exact) mass is 214 g/mol. The van der Waals surface area contributed by atoms with E-state index in [9.17, 15) is 14.7 Å². The summed E-state index contributed by atoms with van der Waals surface area (Å²) in [6.45, 7) is 0. The van der Waals surface area contributed by atoms with Crippen molar-refractivity contribution in [3.05, 3.63) is 17.5 Å². The van der Waals surface area contributed by atoms with Gasteiger partial charge in [0.25, 0.3) is 0 Å². The third-order valence-electron chi connectivity index (χ3n) is 1.76. The lowest BCUT2D eigenvalue weighted by atomic mass is 10.1. The van der Waals surface area contributed by atoms with Gasteiger partial charge >= 0.3 is 11.9 Å². The second kappa shape index (κ2) is 4.09. The molecule has 1 aromatic heterocycles. The lowest BCUT2D eigenvalue weighted by Crippen LogP contribution is -2.14. The van der Waals surface area contributed by atoms with E-state index in [-0.39, 0.29) is 11.3 Å². The Kier molecular flexibility index (Phi) is 3.05. The second-order valence-corrected chi connectivity index (χ2v) is 2.84. The Hall–Kier alpha value is -1.89. The SMILES string of the molecule is COC(=O)c1nn(C)cc1C(O)C(=O)O. The first-order valence-electron chi connectivity index (χ1n) is 4.00. The van der Waals surface area contributed by atoms with E-state index >= 15 is 0 Å². The molecule has 15 heavy (non-hydrogen) atoms. The molecule has 1 rings (SSSR count). The molecule has 1 heterocycles. The zero-order chi connectivity index (χ0) is 11.6. The summed E-state index contributed by atoms with van der Waals surface area (Å²) in [4.78, 5) is 21.7. The van der Waals surface area contributed by atoms with E-state index in [0.717, 1.165) is 7.11 Å². The van der Waals surface area contributed by atoms with Crippen molar-refractivity contribution in [1.29, 1.82) is 0 Å². The van der Waals surface area contributed by atoms with Gasteiger partial charge in [0.05, 0.1) is 7.11 Å². The molecule has 0 aliphatic heterocycles. The minimum Gasteiger partial charge on any atom is -0.479 e. The van der Waals surface area contributed by atoms with Crippen LogP contribution in [0.3, 0.4) is 0 Å². The van der Waals surface area contributed by atoms with Crippen molar-refractivity contribution in [2.24, 2.45) is 7.05 Å². The second-order valence-electron chi connectivity index (χ2n) is 2.84. The van der Waals surface area contributed by atoms with Crippen molar-refractivity contribution in [1.82, 2.24) is 9.78 Å². The van der Waals surface area contributed by atoms with Gasteiger partial charge in [-0.05, 0) is 0 Å². The van der Waals surface area contributed by atoms with Crippen molar-refractivity contribution in [3.8, 4) is 0 Å². The molecule has 0 bridgehead atoms. The van der Waals surface area contributed by atoms with Crippen LogP contribution in [0.4, 0.5) is 0 Å². The van der Waals surface area contributed by atoms with Gasteiger partial charge < -0.3 is 14.9 Å². The zero-order valence-corrected chi connectivity index (χ0v) is 8.17. The number of esters is 1. The average molecular weight is 214 g/mol. The quantitative estimate of drug-likeness (QED) is 0.646. The summed E-state index contributed by atoms with van der Waals surface area (Å²) in [5.41, 5.74) is -0.285. The minimum absolute atomic E-state index is 0.0862. The van der Waals surface area contributed by atoms with Crippen molar-refractivity contribution in [2.45, 2.75) is 6.10 Å². The molecular formula is C8H10N2O5. The molecule has 1 atom stereocenters. The molecule has 0 aromatic carbocycles. The number of aliphatic hydroxyl groups excluding tert-OH is 1. The van der Waals surface area contributed by atoms with Crippen LogP contribution in [0.25, 0.3) is 0 Å². The van der Waals surface area contributed by atoms with Gasteiger partial charge in [0.2, 0.25) is 0 Å². The number of aromatic nitrogens is 2. The van der Waals surface area contributed by atoms with Gasteiger partial charge in [0.15, 0.2) is 11.8 Å². The van der Waals surface area contributed by atoms with E-state index in [0.29, 0.717) is 0 Å². The standard InChI is InChI=1S/C8H10N2O5/c1-10-3-4(6(11)7(12)13)5(9-10)8(14)15-2/h3,6,11H,1-2H3,(H,12,13). The van der Waals surface area contributed by atoms with Gasteiger partial charge in [0.1, 0.15) is 0 Å². The third-order valence-corrected chi connectivity index (χ3v) is 1.76. The van der Waals surface area contributed by atoms with E-state index in [2.05, 4.69) is 9.84 Å². The summed E-state index contributed by atoms with van der Waals surface area (Å²) in [6, 6.07) is 0. The van der Waals surface area contributed by atoms with Gasteiger partial charge in [0, 0.05) is 18.8 Å². The maximum Gasteiger partial charge on any atom is 0.358 e. The van der Waals surface area contributed by atoms with Gasteiger partial charge in [-0.3, -0.25) is 4.68 Å². The average Bonchev–Trinajstić information content (AvgIpc) is 2.57. The fourth-order valence-electron chi connectivity index (χ4n) is 1.10. The molecule has 7 nitrogen and oxygen atoms in total. The maximum absolute atomic E-state index is 11.2. The van der Waals surface area contributed by atoms with Gasteiger partial charge in [-0.25, -0.2) is 9.59 Å². The van der Waals surface area contributed by atoms with Crippen LogP contribution in [0.5, 0.6) is 0 Å². The summed E-state index contributed by atoms with van der Waals surface area (Å²) in [5.74, 6) is -2.24. The van der Waals surface area contributed by atoms with E-state index in [1.54, 1.807) is 0 Å². The van der Waals surface area contributed by atoms with E-state index in [4.69, 9.17) is 5.11 Å². The largest absolute Gasteiger partial charge is 0.479 e. The lowest BCUT2D eigenvalue weighted by molar-refractivity contribution is -0.146. The van der Waals surface area contributed by atoms with Gasteiger partial charge in [-0.1, -0.05) is 0 Å². The van der Waals surface area contributed by atoms with Crippen LogP contribution in [0.15, 0.2) is 6.20 Å². The first kappa shape index (κ1) is 11.2. The van der Waals surface area contributed by atoms with Crippen molar-refractivity contribution in [3.63, 3.8) is 0 Å². The van der Waals surface area contributed by atoms with Crippen LogP contribution in [-0.4, -0.2) is 39.0 Å². The number of carboxylic acid groups (broad SMARTS) is 1. The molecule has 0 aliphatic carbocycles. The zero-order valence-electron chi connectivity index (χ0n) is 8.17.